The van der Waals surface area contributed by atoms with E-state index in [4.69, 9.17) is 9.26 Å². The van der Waals surface area contributed by atoms with Crippen LogP contribution in [0.15, 0.2) is 53.1 Å². The normalized spacial score (nSPS) is 16.1. The number of halogens is 2. The van der Waals surface area contributed by atoms with Crippen molar-refractivity contribution in [1.29, 1.82) is 0 Å². The monoisotopic (exact) mass is 381 g/mol. The molecule has 5 rings (SSSR count). The van der Waals surface area contributed by atoms with Crippen LogP contribution in [0.4, 0.5) is 8.78 Å². The molecule has 4 aromatic rings. The second-order valence-corrected chi connectivity index (χ2v) is 6.35. The van der Waals surface area contributed by atoms with Gasteiger partial charge in [0, 0.05) is 5.56 Å². The van der Waals surface area contributed by atoms with Crippen LogP contribution >= 0.6 is 0 Å². The van der Waals surface area contributed by atoms with Crippen molar-refractivity contribution in [3.63, 3.8) is 0 Å². The van der Waals surface area contributed by atoms with E-state index in [-0.39, 0.29) is 30.2 Å². The number of fused-ring (bicyclic) bond motifs is 1. The first-order valence-corrected chi connectivity index (χ1v) is 8.57. The highest BCUT2D eigenvalue weighted by molar-refractivity contribution is 5.58. The summed E-state index contributed by atoms with van der Waals surface area (Å²) in [7, 11) is 0. The van der Waals surface area contributed by atoms with Crippen LogP contribution < -0.4 is 0 Å². The van der Waals surface area contributed by atoms with Crippen LogP contribution in [0.3, 0.4) is 0 Å². The number of hydrogen-bond donors (Lipinski definition) is 0. The van der Waals surface area contributed by atoms with Gasteiger partial charge in [0.05, 0.1) is 18.8 Å². The van der Waals surface area contributed by atoms with Crippen LogP contribution in [0.2, 0.25) is 0 Å². The smallest absolute Gasteiger partial charge is 0.280 e. The first-order valence-electron chi connectivity index (χ1n) is 8.57. The van der Waals surface area contributed by atoms with Crippen LogP contribution in [0.5, 0.6) is 0 Å². The molecule has 28 heavy (non-hydrogen) atoms. The van der Waals surface area contributed by atoms with Crippen LogP contribution in [0.1, 0.15) is 17.4 Å². The Morgan fingerprint density at radius 2 is 1.68 bits per heavy atom. The Hall–Kier alpha value is -3.46. The molecule has 7 nitrogen and oxygen atoms in total. The largest absolute Gasteiger partial charge is 0.365 e. The summed E-state index contributed by atoms with van der Waals surface area (Å²) in [6.45, 7) is 0.686. The van der Waals surface area contributed by atoms with Crippen LogP contribution in [-0.4, -0.2) is 25.1 Å². The van der Waals surface area contributed by atoms with Crippen molar-refractivity contribution in [2.24, 2.45) is 0 Å². The van der Waals surface area contributed by atoms with Gasteiger partial charge in [-0.2, -0.15) is 4.98 Å². The molecule has 1 aliphatic heterocycles. The lowest BCUT2D eigenvalue weighted by Crippen LogP contribution is -2.22. The lowest BCUT2D eigenvalue weighted by atomic mass is 10.1. The molecule has 0 saturated heterocycles. The molecule has 0 spiro atoms. The Morgan fingerprint density at radius 1 is 0.964 bits per heavy atom. The summed E-state index contributed by atoms with van der Waals surface area (Å²) in [5.74, 6) is -0.0913. The fourth-order valence-electron chi connectivity index (χ4n) is 3.09. The average molecular weight is 381 g/mol. The third kappa shape index (κ3) is 2.95. The molecule has 0 bridgehead atoms. The SMILES string of the molecule is Fc1ccc(-c2noc(-c3nnn4c3COC(c3ccc(F)cc3)C4)n2)cc1. The van der Waals surface area contributed by atoms with E-state index in [0.29, 0.717) is 29.3 Å². The van der Waals surface area contributed by atoms with Crippen molar-refractivity contribution >= 4 is 0 Å². The second-order valence-electron chi connectivity index (χ2n) is 6.35. The molecule has 0 fully saturated rings. The molecule has 0 N–H and O–H groups in total. The molecule has 3 heterocycles. The summed E-state index contributed by atoms with van der Waals surface area (Å²) in [6, 6.07) is 12.0. The van der Waals surface area contributed by atoms with Gasteiger partial charge in [-0.3, -0.25) is 0 Å². The maximum absolute atomic E-state index is 13.1. The summed E-state index contributed by atoms with van der Waals surface area (Å²) in [6.07, 6.45) is -0.250. The van der Waals surface area contributed by atoms with E-state index in [1.54, 1.807) is 28.9 Å². The van der Waals surface area contributed by atoms with Crippen molar-refractivity contribution < 1.29 is 18.0 Å². The minimum atomic E-state index is -0.340. The lowest BCUT2D eigenvalue weighted by molar-refractivity contribution is -0.00120. The van der Waals surface area contributed by atoms with E-state index in [1.807, 2.05) is 0 Å². The molecule has 2 aromatic carbocycles. The van der Waals surface area contributed by atoms with Crippen molar-refractivity contribution in [1.82, 2.24) is 25.1 Å². The first-order chi connectivity index (χ1) is 13.7. The summed E-state index contributed by atoms with van der Waals surface area (Å²) < 4.78 is 39.1. The zero-order chi connectivity index (χ0) is 19.1. The van der Waals surface area contributed by atoms with E-state index >= 15 is 0 Å². The van der Waals surface area contributed by atoms with Gasteiger partial charge in [0.1, 0.15) is 17.7 Å². The number of benzene rings is 2. The maximum atomic E-state index is 13.1. The first kappa shape index (κ1) is 16.7. The van der Waals surface area contributed by atoms with Gasteiger partial charge in [0.25, 0.3) is 5.89 Å². The number of aromatic nitrogens is 5. The molecule has 0 amide bonds. The molecular formula is C19H13F2N5O2. The van der Waals surface area contributed by atoms with Crippen LogP contribution in [-0.2, 0) is 17.9 Å². The molecule has 9 heteroatoms. The lowest BCUT2D eigenvalue weighted by Gasteiger charge is -2.24. The van der Waals surface area contributed by atoms with E-state index in [0.717, 1.165) is 5.56 Å². The van der Waals surface area contributed by atoms with Gasteiger partial charge >= 0.3 is 0 Å². The van der Waals surface area contributed by atoms with Crippen molar-refractivity contribution in [2.75, 3.05) is 0 Å². The zero-order valence-corrected chi connectivity index (χ0v) is 14.4. The molecular weight excluding hydrogens is 368 g/mol. The fraction of sp³-hybridized carbons (Fsp3) is 0.158. The molecule has 0 radical (unpaired) electrons. The third-order valence-corrected chi connectivity index (χ3v) is 4.57. The molecule has 0 aliphatic carbocycles. The van der Waals surface area contributed by atoms with Gasteiger partial charge in [0.2, 0.25) is 5.82 Å². The van der Waals surface area contributed by atoms with E-state index < -0.39 is 0 Å². The minimum absolute atomic E-state index is 0.212. The van der Waals surface area contributed by atoms with E-state index in [9.17, 15) is 8.78 Å². The molecule has 1 atom stereocenters. The number of nitrogens with zero attached hydrogens (tertiary/aromatic N) is 5. The summed E-state index contributed by atoms with van der Waals surface area (Å²) >= 11 is 0. The van der Waals surface area contributed by atoms with E-state index in [1.165, 1.54) is 24.3 Å². The van der Waals surface area contributed by atoms with Crippen molar-refractivity contribution in [2.45, 2.75) is 19.3 Å². The Labute approximate surface area is 157 Å². The minimum Gasteiger partial charge on any atom is -0.365 e. The predicted octanol–water partition coefficient (Wildman–Crippen LogP) is 3.54. The molecule has 0 saturated carbocycles. The Bertz CT molecular complexity index is 1120. The Morgan fingerprint density at radius 3 is 2.43 bits per heavy atom. The third-order valence-electron chi connectivity index (χ3n) is 4.57. The quantitative estimate of drug-likeness (QED) is 0.540. The highest BCUT2D eigenvalue weighted by Gasteiger charge is 2.28. The predicted molar refractivity (Wildman–Crippen MR) is 92.6 cm³/mol. The van der Waals surface area contributed by atoms with Crippen LogP contribution in [0.25, 0.3) is 23.0 Å². The standard InChI is InChI=1S/C19H13F2N5O2/c20-13-5-1-11(2-6-13)16-9-26-15(10-27-16)17(23-25-26)19-22-18(24-28-19)12-3-7-14(21)8-4-12/h1-8,16H,9-10H2. The van der Waals surface area contributed by atoms with Gasteiger partial charge in [0.15, 0.2) is 5.69 Å². The molecule has 1 aliphatic rings. The average Bonchev–Trinajstić information content (AvgIpc) is 3.35. The Balaban J connectivity index is 1.41. The van der Waals surface area contributed by atoms with Gasteiger partial charge < -0.3 is 9.26 Å². The molecule has 2 aromatic heterocycles. The zero-order valence-electron chi connectivity index (χ0n) is 14.4. The van der Waals surface area contributed by atoms with Gasteiger partial charge in [-0.15, -0.1) is 5.10 Å². The molecule has 1 unspecified atom stereocenters. The topological polar surface area (TPSA) is 78.9 Å². The van der Waals surface area contributed by atoms with Crippen LogP contribution in [0, 0.1) is 11.6 Å². The summed E-state index contributed by atoms with van der Waals surface area (Å²) in [5.41, 5.74) is 2.65. The number of hydrogen-bond acceptors (Lipinski definition) is 6. The molecule has 140 valence electrons. The van der Waals surface area contributed by atoms with Gasteiger partial charge in [-0.05, 0) is 42.0 Å². The number of ether oxygens (including phenoxy) is 1. The van der Waals surface area contributed by atoms with Crippen molar-refractivity contribution in [3.05, 3.63) is 71.4 Å². The van der Waals surface area contributed by atoms with Crippen molar-refractivity contribution in [3.8, 4) is 23.0 Å². The Kier molecular flexibility index (Phi) is 3.94. The number of rotatable bonds is 3. The van der Waals surface area contributed by atoms with Gasteiger partial charge in [-0.25, -0.2) is 13.5 Å². The highest BCUT2D eigenvalue weighted by Crippen LogP contribution is 2.31. The highest BCUT2D eigenvalue weighted by atomic mass is 19.1. The maximum Gasteiger partial charge on any atom is 0.280 e. The summed E-state index contributed by atoms with van der Waals surface area (Å²) in [4.78, 5) is 4.33. The van der Waals surface area contributed by atoms with E-state index in [2.05, 4.69) is 20.5 Å². The summed E-state index contributed by atoms with van der Waals surface area (Å²) in [5, 5.41) is 12.2. The second kappa shape index (κ2) is 6.61. The fourth-order valence-corrected chi connectivity index (χ4v) is 3.09. The van der Waals surface area contributed by atoms with Gasteiger partial charge in [-0.1, -0.05) is 22.5 Å².